The van der Waals surface area contributed by atoms with Crippen LogP contribution in [0.4, 0.5) is 24.5 Å². The van der Waals surface area contributed by atoms with Crippen LogP contribution < -0.4 is 20.7 Å². The summed E-state index contributed by atoms with van der Waals surface area (Å²) in [4.78, 5) is 70.3. The van der Waals surface area contributed by atoms with E-state index in [0.29, 0.717) is 34.2 Å². The van der Waals surface area contributed by atoms with Crippen molar-refractivity contribution in [3.8, 4) is 5.75 Å². The molecule has 2 aromatic heterocycles. The first-order chi connectivity index (χ1) is 29.3. The molecule has 5 aliphatic rings. The number of benzene rings is 2. The number of piperidine rings is 2. The molecule has 2 aromatic carbocycles. The van der Waals surface area contributed by atoms with E-state index in [1.165, 1.54) is 26.0 Å². The molecule has 4 aromatic rings. The average Bonchev–Trinajstić information content (AvgIpc) is 3.76. The standard InChI is InChI=1S/C44H47F3N8O6/c1-61-36-19-33-27(17-34(36)50-39(57)32-3-2-4-37(49-32)44(45,46)47)24-54(52-33)29-8-5-25(6-9-29)23-53-15-13-43(14-16-53)20-26(21-43)22-48-28-7-10-30-31(18-28)42(60)55(41(30)59)35-11-12-38(56)51-40(35)58/h2-4,7,10,17-19,24-26,29,35,48H,5-6,8-9,11-16,20-23H2,1H3,(H,50,57)(H,51,56,58). The summed E-state index contributed by atoms with van der Waals surface area (Å²) in [5.41, 5.74) is 1.22. The molecular weight excluding hydrogens is 794 g/mol. The molecule has 0 radical (unpaired) electrons. The van der Waals surface area contributed by atoms with Crippen molar-refractivity contribution in [2.75, 3.05) is 43.9 Å². The summed E-state index contributed by atoms with van der Waals surface area (Å²) in [6.07, 6.45) is 6.40. The van der Waals surface area contributed by atoms with Crippen LogP contribution in [0.3, 0.4) is 0 Å². The summed E-state index contributed by atoms with van der Waals surface area (Å²) in [6, 6.07) is 11.0. The SMILES string of the molecule is COc1cc2nn(C3CCC(CN4CCC5(CC4)CC(CNc4ccc6c(c4)C(=O)N(C4CCC(=O)NC4=O)C6=O)C5)CC3)cc2cc1NC(=O)c1cccc(C(F)(F)F)n1. The molecule has 0 bridgehead atoms. The summed E-state index contributed by atoms with van der Waals surface area (Å²) in [7, 11) is 1.46. The summed E-state index contributed by atoms with van der Waals surface area (Å²) < 4.78 is 47.0. The molecule has 1 unspecified atom stereocenters. The number of methoxy groups -OCH3 is 1. The molecule has 17 heteroatoms. The average molecular weight is 841 g/mol. The molecular formula is C44H47F3N8O6. The number of pyridine rings is 1. The van der Waals surface area contributed by atoms with E-state index < -0.39 is 47.4 Å². The predicted octanol–water partition coefficient (Wildman–Crippen LogP) is 6.45. The number of ether oxygens (including phenoxy) is 1. The Morgan fingerprint density at radius 1 is 0.934 bits per heavy atom. The Bertz CT molecular complexity index is 2410. The fourth-order valence-electron chi connectivity index (χ4n) is 10.2. The van der Waals surface area contributed by atoms with Crippen LogP contribution in [0.15, 0.2) is 54.7 Å². The summed E-state index contributed by atoms with van der Waals surface area (Å²) in [6.45, 7) is 4.07. The molecule has 14 nitrogen and oxygen atoms in total. The summed E-state index contributed by atoms with van der Waals surface area (Å²) in [5, 5.41) is 14.0. The lowest BCUT2D eigenvalue weighted by Crippen LogP contribution is -2.54. The van der Waals surface area contributed by atoms with Gasteiger partial charge in [-0.3, -0.25) is 38.9 Å². The van der Waals surface area contributed by atoms with Crippen LogP contribution in [0, 0.1) is 17.3 Å². The topological polar surface area (TPSA) is 168 Å². The van der Waals surface area contributed by atoms with Crippen LogP contribution in [0.2, 0.25) is 0 Å². The zero-order chi connectivity index (χ0) is 42.6. The Morgan fingerprint density at radius 2 is 1.69 bits per heavy atom. The van der Waals surface area contributed by atoms with Crippen molar-refractivity contribution in [1.29, 1.82) is 0 Å². The number of anilines is 2. The monoisotopic (exact) mass is 840 g/mol. The normalized spacial score (nSPS) is 23.2. The van der Waals surface area contributed by atoms with Crippen LogP contribution in [-0.4, -0.2) is 93.4 Å². The number of alkyl halides is 3. The number of halogens is 3. The fourth-order valence-corrected chi connectivity index (χ4v) is 10.2. The quantitative estimate of drug-likeness (QED) is 0.151. The molecule has 3 N–H and O–H groups in total. The van der Waals surface area contributed by atoms with E-state index in [0.717, 1.165) is 92.8 Å². The van der Waals surface area contributed by atoms with Gasteiger partial charge >= 0.3 is 6.18 Å². The first-order valence-corrected chi connectivity index (χ1v) is 21.0. The van der Waals surface area contributed by atoms with Gasteiger partial charge in [-0.25, -0.2) is 4.98 Å². The zero-order valence-electron chi connectivity index (χ0n) is 33.7. The number of likely N-dealkylation sites (tertiary alicyclic amines) is 1. The number of carbonyl (C=O) groups excluding carboxylic acids is 5. The number of aromatic nitrogens is 3. The lowest BCUT2D eigenvalue weighted by atomic mass is 9.57. The molecule has 2 saturated carbocycles. The molecule has 9 rings (SSSR count). The van der Waals surface area contributed by atoms with Crippen molar-refractivity contribution in [1.82, 2.24) is 29.9 Å². The van der Waals surface area contributed by atoms with Crippen molar-refractivity contribution in [3.63, 3.8) is 0 Å². The maximum absolute atomic E-state index is 13.2. The van der Waals surface area contributed by atoms with Crippen LogP contribution in [0.1, 0.15) is 107 Å². The molecule has 2 aliphatic carbocycles. The van der Waals surface area contributed by atoms with Gasteiger partial charge in [-0.1, -0.05) is 6.07 Å². The van der Waals surface area contributed by atoms with E-state index in [1.54, 1.807) is 30.3 Å². The maximum Gasteiger partial charge on any atom is 0.433 e. The van der Waals surface area contributed by atoms with E-state index in [9.17, 15) is 37.1 Å². The Balaban J connectivity index is 0.720. The predicted molar refractivity (Wildman–Crippen MR) is 217 cm³/mol. The third-order valence-electron chi connectivity index (χ3n) is 13.5. The third-order valence-corrected chi connectivity index (χ3v) is 13.5. The molecule has 61 heavy (non-hydrogen) atoms. The van der Waals surface area contributed by atoms with Crippen molar-refractivity contribution >= 4 is 51.8 Å². The van der Waals surface area contributed by atoms with Gasteiger partial charge in [0, 0.05) is 42.8 Å². The molecule has 5 heterocycles. The third kappa shape index (κ3) is 8.07. The van der Waals surface area contributed by atoms with E-state index in [2.05, 4.69) is 25.8 Å². The number of amides is 5. The number of hydrogen-bond donors (Lipinski definition) is 3. The highest BCUT2D eigenvalue weighted by Crippen LogP contribution is 2.53. The van der Waals surface area contributed by atoms with E-state index in [-0.39, 0.29) is 35.7 Å². The Kier molecular flexibility index (Phi) is 10.6. The van der Waals surface area contributed by atoms with Crippen LogP contribution in [0.5, 0.6) is 5.75 Å². The molecule has 3 aliphatic heterocycles. The van der Waals surface area contributed by atoms with Crippen LogP contribution in [-0.2, 0) is 15.8 Å². The number of rotatable bonds is 10. The number of carbonyl (C=O) groups is 5. The van der Waals surface area contributed by atoms with Crippen LogP contribution in [0.25, 0.3) is 10.9 Å². The van der Waals surface area contributed by atoms with Gasteiger partial charge in [0.05, 0.1) is 35.5 Å². The van der Waals surface area contributed by atoms with Crippen molar-refractivity contribution in [3.05, 3.63) is 77.2 Å². The van der Waals surface area contributed by atoms with Gasteiger partial charge in [0.25, 0.3) is 17.7 Å². The Hall–Kier alpha value is -5.84. The minimum Gasteiger partial charge on any atom is -0.494 e. The van der Waals surface area contributed by atoms with Gasteiger partial charge in [-0.15, -0.1) is 0 Å². The number of nitrogens with one attached hydrogen (secondary N) is 3. The second kappa shape index (κ2) is 15.9. The lowest BCUT2D eigenvalue weighted by Gasteiger charge is -2.53. The molecule has 1 atom stereocenters. The molecule has 320 valence electrons. The number of hydrogen-bond acceptors (Lipinski definition) is 10. The second-order valence-electron chi connectivity index (χ2n) is 17.4. The van der Waals surface area contributed by atoms with E-state index in [4.69, 9.17) is 9.84 Å². The summed E-state index contributed by atoms with van der Waals surface area (Å²) >= 11 is 0. The minimum absolute atomic E-state index is 0.0832. The smallest absolute Gasteiger partial charge is 0.433 e. The van der Waals surface area contributed by atoms with Crippen LogP contribution >= 0.6 is 0 Å². The molecule has 1 spiro atoms. The van der Waals surface area contributed by atoms with Gasteiger partial charge in [0.1, 0.15) is 23.2 Å². The Labute approximate surface area is 349 Å². The lowest BCUT2D eigenvalue weighted by molar-refractivity contribution is -0.141. The van der Waals surface area contributed by atoms with Crippen molar-refractivity contribution in [2.24, 2.45) is 17.3 Å². The molecule has 2 saturated heterocycles. The van der Waals surface area contributed by atoms with Gasteiger partial charge in [0.2, 0.25) is 11.8 Å². The maximum atomic E-state index is 13.2. The van der Waals surface area contributed by atoms with Gasteiger partial charge in [-0.2, -0.15) is 18.3 Å². The molecule has 5 amide bonds. The van der Waals surface area contributed by atoms with Gasteiger partial charge in [0.15, 0.2) is 0 Å². The van der Waals surface area contributed by atoms with E-state index >= 15 is 0 Å². The van der Waals surface area contributed by atoms with Gasteiger partial charge < -0.3 is 20.3 Å². The number of fused-ring (bicyclic) bond motifs is 2. The van der Waals surface area contributed by atoms with E-state index in [1.807, 2.05) is 10.9 Å². The number of nitrogens with zero attached hydrogens (tertiary/aromatic N) is 5. The Morgan fingerprint density at radius 3 is 2.41 bits per heavy atom. The largest absolute Gasteiger partial charge is 0.494 e. The highest BCUT2D eigenvalue weighted by atomic mass is 19.4. The fraction of sp³-hybridized carbons (Fsp3) is 0.477. The highest BCUT2D eigenvalue weighted by Gasteiger charge is 2.47. The minimum atomic E-state index is -4.67. The highest BCUT2D eigenvalue weighted by molar-refractivity contribution is 6.23. The second-order valence-corrected chi connectivity index (χ2v) is 17.4. The molecule has 4 fully saturated rings. The number of imide groups is 2. The zero-order valence-corrected chi connectivity index (χ0v) is 33.7. The first kappa shape index (κ1) is 40.6. The van der Waals surface area contributed by atoms with Gasteiger partial charge in [-0.05, 0) is 125 Å². The van der Waals surface area contributed by atoms with Crippen molar-refractivity contribution < 1.29 is 41.9 Å². The van der Waals surface area contributed by atoms with Crippen molar-refractivity contribution in [2.45, 2.75) is 82.5 Å². The first-order valence-electron chi connectivity index (χ1n) is 21.0. The summed E-state index contributed by atoms with van der Waals surface area (Å²) in [5.74, 6) is -1.32.